The van der Waals surface area contributed by atoms with Gasteiger partial charge in [-0.25, -0.2) is 13.2 Å². The smallest absolute Gasteiger partial charge is 0.141 e. The number of halogens is 4. The van der Waals surface area contributed by atoms with Crippen LogP contribution in [0.3, 0.4) is 0 Å². The summed E-state index contributed by atoms with van der Waals surface area (Å²) in [6.45, 7) is 0.985. The van der Waals surface area contributed by atoms with Gasteiger partial charge in [-0.15, -0.1) is 12.4 Å². The molecule has 0 amide bonds. The molecular formula is C11H13ClF3N. The van der Waals surface area contributed by atoms with Gasteiger partial charge >= 0.3 is 0 Å². The summed E-state index contributed by atoms with van der Waals surface area (Å²) >= 11 is 0. The molecule has 0 bridgehead atoms. The van der Waals surface area contributed by atoms with Crippen LogP contribution in [0.4, 0.5) is 13.2 Å². The van der Waals surface area contributed by atoms with E-state index in [4.69, 9.17) is 0 Å². The van der Waals surface area contributed by atoms with Crippen molar-refractivity contribution in [3.63, 3.8) is 0 Å². The van der Waals surface area contributed by atoms with E-state index in [1.807, 2.05) is 0 Å². The summed E-state index contributed by atoms with van der Waals surface area (Å²) in [5, 5.41) is 2.99. The highest BCUT2D eigenvalue weighted by molar-refractivity contribution is 5.85. The third kappa shape index (κ3) is 2.50. The first-order valence-electron chi connectivity index (χ1n) is 4.97. The molecule has 5 heteroatoms. The summed E-state index contributed by atoms with van der Waals surface area (Å²) in [7, 11) is 0. The lowest BCUT2D eigenvalue weighted by Crippen LogP contribution is -2.37. The standard InChI is InChI=1S/C11H12F3N.ClH/c12-8-1-2-10(13)9(7-8)11(14)3-5-15-6-4-11;/h1-2,7,15H,3-6H2;1H. The minimum Gasteiger partial charge on any atom is -0.316 e. The molecule has 1 aliphatic heterocycles. The fourth-order valence-corrected chi connectivity index (χ4v) is 1.93. The van der Waals surface area contributed by atoms with Crippen LogP contribution in [0.25, 0.3) is 0 Å². The van der Waals surface area contributed by atoms with E-state index in [1.165, 1.54) is 0 Å². The lowest BCUT2D eigenvalue weighted by molar-refractivity contribution is 0.110. The molecule has 1 N–H and O–H groups in total. The lowest BCUT2D eigenvalue weighted by atomic mass is 9.86. The molecule has 0 spiro atoms. The second-order valence-electron chi connectivity index (χ2n) is 3.84. The Hall–Kier alpha value is -0.740. The van der Waals surface area contributed by atoms with Crippen LogP contribution in [-0.4, -0.2) is 13.1 Å². The Morgan fingerprint density at radius 1 is 1.12 bits per heavy atom. The molecule has 1 fully saturated rings. The SMILES string of the molecule is Cl.Fc1ccc(F)c(C2(F)CCNCC2)c1. The summed E-state index contributed by atoms with van der Waals surface area (Å²) < 4.78 is 40.6. The molecule has 16 heavy (non-hydrogen) atoms. The van der Waals surface area contributed by atoms with Crippen LogP contribution in [0.15, 0.2) is 18.2 Å². The first-order chi connectivity index (χ1) is 7.12. The molecule has 0 radical (unpaired) electrons. The van der Waals surface area contributed by atoms with E-state index in [-0.39, 0.29) is 30.8 Å². The van der Waals surface area contributed by atoms with Gasteiger partial charge in [0.05, 0.1) is 0 Å². The monoisotopic (exact) mass is 251 g/mol. The molecule has 0 atom stereocenters. The highest BCUT2D eigenvalue weighted by Gasteiger charge is 2.36. The summed E-state index contributed by atoms with van der Waals surface area (Å²) in [4.78, 5) is 0. The van der Waals surface area contributed by atoms with Crippen molar-refractivity contribution in [2.75, 3.05) is 13.1 Å². The summed E-state index contributed by atoms with van der Waals surface area (Å²) in [5.74, 6) is -1.26. The van der Waals surface area contributed by atoms with Gasteiger partial charge in [-0.3, -0.25) is 0 Å². The maximum Gasteiger partial charge on any atom is 0.141 e. The fraction of sp³-hybridized carbons (Fsp3) is 0.455. The van der Waals surface area contributed by atoms with Crippen LogP contribution in [-0.2, 0) is 5.67 Å². The van der Waals surface area contributed by atoms with E-state index in [1.54, 1.807) is 0 Å². The average molecular weight is 252 g/mol. The zero-order valence-corrected chi connectivity index (χ0v) is 9.42. The van der Waals surface area contributed by atoms with Crippen LogP contribution < -0.4 is 5.32 Å². The Kier molecular flexibility index (Phi) is 4.21. The van der Waals surface area contributed by atoms with Gasteiger partial charge in [0.2, 0.25) is 0 Å². The number of rotatable bonds is 1. The Labute approximate surface area is 98.4 Å². The van der Waals surface area contributed by atoms with Crippen molar-refractivity contribution < 1.29 is 13.2 Å². The maximum absolute atomic E-state index is 14.3. The largest absolute Gasteiger partial charge is 0.316 e. The van der Waals surface area contributed by atoms with E-state index in [0.717, 1.165) is 18.2 Å². The summed E-state index contributed by atoms with van der Waals surface area (Å²) in [5.41, 5.74) is -1.87. The second-order valence-corrected chi connectivity index (χ2v) is 3.84. The van der Waals surface area contributed by atoms with Crippen LogP contribution >= 0.6 is 12.4 Å². The van der Waals surface area contributed by atoms with E-state index in [2.05, 4.69) is 5.32 Å². The second kappa shape index (κ2) is 5.06. The number of benzene rings is 1. The molecule has 1 aliphatic rings. The van der Waals surface area contributed by atoms with E-state index in [9.17, 15) is 13.2 Å². The first kappa shape index (κ1) is 13.3. The summed E-state index contributed by atoms with van der Waals surface area (Å²) in [6, 6.07) is 2.94. The number of hydrogen-bond donors (Lipinski definition) is 1. The quantitative estimate of drug-likeness (QED) is 0.809. The number of hydrogen-bond acceptors (Lipinski definition) is 1. The zero-order chi connectivity index (χ0) is 10.9. The lowest BCUT2D eigenvalue weighted by Gasteiger charge is -2.30. The van der Waals surface area contributed by atoms with Crippen molar-refractivity contribution in [1.82, 2.24) is 5.32 Å². The Morgan fingerprint density at radius 2 is 1.75 bits per heavy atom. The van der Waals surface area contributed by atoms with Crippen LogP contribution in [0.5, 0.6) is 0 Å². The number of piperidine rings is 1. The predicted molar refractivity (Wildman–Crippen MR) is 58.5 cm³/mol. The highest BCUT2D eigenvalue weighted by Crippen LogP contribution is 2.36. The minimum atomic E-state index is -1.72. The third-order valence-corrected chi connectivity index (χ3v) is 2.81. The number of nitrogens with one attached hydrogen (secondary N) is 1. The Bertz CT molecular complexity index is 364. The normalized spacial score (nSPS) is 18.9. The number of alkyl halides is 1. The molecule has 2 rings (SSSR count). The first-order valence-corrected chi connectivity index (χ1v) is 4.97. The van der Waals surface area contributed by atoms with Crippen molar-refractivity contribution in [2.24, 2.45) is 0 Å². The Morgan fingerprint density at radius 3 is 2.38 bits per heavy atom. The molecule has 1 nitrogen and oxygen atoms in total. The van der Waals surface area contributed by atoms with Gasteiger partial charge in [-0.1, -0.05) is 0 Å². The van der Waals surface area contributed by atoms with Gasteiger partial charge in [0.25, 0.3) is 0 Å². The molecule has 90 valence electrons. The van der Waals surface area contributed by atoms with E-state index < -0.39 is 17.3 Å². The van der Waals surface area contributed by atoms with Crippen molar-refractivity contribution in [3.05, 3.63) is 35.4 Å². The third-order valence-electron chi connectivity index (χ3n) is 2.81. The van der Waals surface area contributed by atoms with E-state index >= 15 is 0 Å². The minimum absolute atomic E-state index is 0. The Balaban J connectivity index is 0.00000128. The van der Waals surface area contributed by atoms with Crippen molar-refractivity contribution >= 4 is 12.4 Å². The molecule has 0 aliphatic carbocycles. The molecule has 0 aromatic heterocycles. The highest BCUT2D eigenvalue weighted by atomic mass is 35.5. The van der Waals surface area contributed by atoms with Crippen molar-refractivity contribution in [1.29, 1.82) is 0 Å². The van der Waals surface area contributed by atoms with Crippen molar-refractivity contribution in [3.8, 4) is 0 Å². The van der Waals surface area contributed by atoms with Crippen molar-refractivity contribution in [2.45, 2.75) is 18.5 Å². The van der Waals surface area contributed by atoms with Gasteiger partial charge in [0.15, 0.2) is 0 Å². The molecule has 0 unspecified atom stereocenters. The van der Waals surface area contributed by atoms with Crippen LogP contribution in [0.2, 0.25) is 0 Å². The molecule has 1 heterocycles. The molecule has 1 aromatic carbocycles. The van der Waals surface area contributed by atoms with Gasteiger partial charge in [-0.2, -0.15) is 0 Å². The molecule has 1 aromatic rings. The fourth-order valence-electron chi connectivity index (χ4n) is 1.93. The predicted octanol–water partition coefficient (Wildman–Crippen LogP) is 2.93. The zero-order valence-electron chi connectivity index (χ0n) is 8.60. The topological polar surface area (TPSA) is 12.0 Å². The molecular weight excluding hydrogens is 239 g/mol. The molecule has 0 saturated carbocycles. The van der Waals surface area contributed by atoms with Gasteiger partial charge in [0, 0.05) is 5.56 Å². The molecule has 1 saturated heterocycles. The van der Waals surface area contributed by atoms with Gasteiger partial charge < -0.3 is 5.32 Å². The van der Waals surface area contributed by atoms with Gasteiger partial charge in [0.1, 0.15) is 17.3 Å². The van der Waals surface area contributed by atoms with E-state index in [0.29, 0.717) is 13.1 Å². The summed E-state index contributed by atoms with van der Waals surface area (Å²) in [6.07, 6.45) is 0.376. The average Bonchev–Trinajstić information content (AvgIpc) is 2.23. The van der Waals surface area contributed by atoms with Crippen LogP contribution in [0, 0.1) is 11.6 Å². The maximum atomic E-state index is 14.3. The van der Waals surface area contributed by atoms with Crippen LogP contribution in [0.1, 0.15) is 18.4 Å². The van der Waals surface area contributed by atoms with Gasteiger partial charge in [-0.05, 0) is 44.1 Å².